The summed E-state index contributed by atoms with van der Waals surface area (Å²) in [4.78, 5) is 18.9. The monoisotopic (exact) mass is 356 g/mol. The first-order valence-electron chi connectivity index (χ1n) is 8.19. The fourth-order valence-corrected chi connectivity index (χ4v) is 3.98. The van der Waals surface area contributed by atoms with Crippen molar-refractivity contribution in [2.24, 2.45) is 0 Å². The second-order valence-electron chi connectivity index (χ2n) is 6.03. The van der Waals surface area contributed by atoms with E-state index in [1.54, 1.807) is 6.07 Å². The van der Waals surface area contributed by atoms with E-state index in [4.69, 9.17) is 4.74 Å². The van der Waals surface area contributed by atoms with Crippen LogP contribution in [-0.2, 0) is 11.2 Å². The maximum Gasteiger partial charge on any atom is 0.186 e. The van der Waals surface area contributed by atoms with Gasteiger partial charge in [-0.15, -0.1) is 0 Å². The molecule has 2 heterocycles. The summed E-state index contributed by atoms with van der Waals surface area (Å²) in [6.45, 7) is 2.95. The fraction of sp³-hybridized carbons (Fsp3) is 0.263. The maximum atomic E-state index is 13.5. The molecule has 3 aromatic rings. The van der Waals surface area contributed by atoms with E-state index in [0.29, 0.717) is 24.5 Å². The quantitative estimate of drug-likeness (QED) is 0.669. The lowest BCUT2D eigenvalue weighted by Crippen LogP contribution is -2.36. The molecule has 0 atom stereocenters. The molecule has 0 spiro atoms. The minimum absolute atomic E-state index is 0.249. The molecule has 4 nitrogen and oxygen atoms in total. The summed E-state index contributed by atoms with van der Waals surface area (Å²) in [6, 6.07) is 10.7. The largest absolute Gasteiger partial charge is 0.378 e. The lowest BCUT2D eigenvalue weighted by atomic mass is 10.0. The van der Waals surface area contributed by atoms with Gasteiger partial charge in [0.05, 0.1) is 23.8 Å². The average Bonchev–Trinajstić information content (AvgIpc) is 3.05. The van der Waals surface area contributed by atoms with Gasteiger partial charge in [0.2, 0.25) is 0 Å². The summed E-state index contributed by atoms with van der Waals surface area (Å²) in [7, 11) is 0. The van der Waals surface area contributed by atoms with Crippen LogP contribution in [0.15, 0.2) is 36.4 Å². The Morgan fingerprint density at radius 1 is 1.16 bits per heavy atom. The Hall–Kier alpha value is -2.31. The Morgan fingerprint density at radius 3 is 2.76 bits per heavy atom. The normalized spacial score (nSPS) is 14.8. The summed E-state index contributed by atoms with van der Waals surface area (Å²) >= 11 is 1.42. The third-order valence-electron chi connectivity index (χ3n) is 4.34. The highest BCUT2D eigenvalue weighted by molar-refractivity contribution is 7.17. The van der Waals surface area contributed by atoms with Gasteiger partial charge in [0, 0.05) is 19.5 Å². The zero-order valence-corrected chi connectivity index (χ0v) is 14.4. The predicted octanol–water partition coefficient (Wildman–Crippen LogP) is 3.68. The van der Waals surface area contributed by atoms with Crippen LogP contribution in [0.5, 0.6) is 0 Å². The molecule has 4 rings (SSSR count). The molecule has 1 saturated heterocycles. The third kappa shape index (κ3) is 3.41. The number of hydrogen-bond donors (Lipinski definition) is 0. The molecule has 25 heavy (non-hydrogen) atoms. The predicted molar refractivity (Wildman–Crippen MR) is 97.2 cm³/mol. The van der Waals surface area contributed by atoms with E-state index in [9.17, 15) is 9.18 Å². The van der Waals surface area contributed by atoms with Crippen LogP contribution in [0, 0.1) is 5.82 Å². The molecule has 128 valence electrons. The van der Waals surface area contributed by atoms with Crippen molar-refractivity contribution in [1.29, 1.82) is 0 Å². The highest BCUT2D eigenvalue weighted by Crippen LogP contribution is 2.28. The Morgan fingerprint density at radius 2 is 1.96 bits per heavy atom. The number of aldehydes is 1. The number of anilines is 1. The molecule has 0 aliphatic carbocycles. The van der Waals surface area contributed by atoms with E-state index in [0.717, 1.165) is 46.5 Å². The summed E-state index contributed by atoms with van der Waals surface area (Å²) in [5.74, 6) is -0.249. The van der Waals surface area contributed by atoms with Crippen LogP contribution in [0.2, 0.25) is 0 Å². The third-order valence-corrected chi connectivity index (χ3v) is 5.43. The number of ether oxygens (including phenoxy) is 1. The molecule has 2 aromatic carbocycles. The number of rotatable bonds is 4. The number of carbonyl (C=O) groups excluding carboxylic acids is 1. The molecule has 0 unspecified atom stereocenters. The summed E-state index contributed by atoms with van der Waals surface area (Å²) in [5.41, 5.74) is 1.79. The molecular formula is C19H17FN2O2S. The minimum Gasteiger partial charge on any atom is -0.378 e. The number of nitrogens with zero attached hydrogens (tertiary/aromatic N) is 2. The second kappa shape index (κ2) is 6.90. The topological polar surface area (TPSA) is 42.4 Å². The molecule has 1 aliphatic heterocycles. The van der Waals surface area contributed by atoms with Gasteiger partial charge in [-0.3, -0.25) is 4.79 Å². The van der Waals surface area contributed by atoms with Gasteiger partial charge in [0.25, 0.3) is 0 Å². The first kappa shape index (κ1) is 16.2. The van der Waals surface area contributed by atoms with Crippen molar-refractivity contribution < 1.29 is 13.9 Å². The Labute approximate surface area is 148 Å². The number of fused-ring (bicyclic) bond motifs is 1. The molecule has 0 bridgehead atoms. The summed E-state index contributed by atoms with van der Waals surface area (Å²) in [6.07, 6.45) is 1.43. The standard InChI is InChI=1S/C19H17FN2O2S/c20-16-4-3-14-2-1-13(9-15(14)11-16)10-17-18(12-23)25-19(21-17)22-5-7-24-8-6-22/h1-4,9,11-12H,5-8,10H2. The smallest absolute Gasteiger partial charge is 0.186 e. The van der Waals surface area contributed by atoms with Gasteiger partial charge in [-0.25, -0.2) is 9.37 Å². The molecule has 0 N–H and O–H groups in total. The molecule has 0 radical (unpaired) electrons. The van der Waals surface area contributed by atoms with Crippen LogP contribution in [0.25, 0.3) is 10.8 Å². The Balaban J connectivity index is 1.63. The molecule has 0 amide bonds. The number of carbonyl (C=O) groups is 1. The highest BCUT2D eigenvalue weighted by atomic mass is 32.1. The second-order valence-corrected chi connectivity index (χ2v) is 7.04. The van der Waals surface area contributed by atoms with E-state index in [1.807, 2.05) is 18.2 Å². The van der Waals surface area contributed by atoms with Crippen LogP contribution in [-0.4, -0.2) is 37.6 Å². The summed E-state index contributed by atoms with van der Waals surface area (Å²) in [5, 5.41) is 2.72. The molecule has 0 saturated carbocycles. The van der Waals surface area contributed by atoms with E-state index >= 15 is 0 Å². The van der Waals surface area contributed by atoms with E-state index in [-0.39, 0.29) is 5.82 Å². The highest BCUT2D eigenvalue weighted by Gasteiger charge is 2.18. The van der Waals surface area contributed by atoms with Crippen molar-refractivity contribution in [3.63, 3.8) is 0 Å². The first-order chi connectivity index (χ1) is 12.2. The van der Waals surface area contributed by atoms with Crippen LogP contribution < -0.4 is 4.90 Å². The van der Waals surface area contributed by atoms with Crippen LogP contribution in [0.3, 0.4) is 0 Å². The van der Waals surface area contributed by atoms with Gasteiger partial charge < -0.3 is 9.64 Å². The Kier molecular flexibility index (Phi) is 4.46. The van der Waals surface area contributed by atoms with Gasteiger partial charge >= 0.3 is 0 Å². The lowest BCUT2D eigenvalue weighted by molar-refractivity contribution is 0.112. The van der Waals surface area contributed by atoms with E-state index in [2.05, 4.69) is 9.88 Å². The van der Waals surface area contributed by atoms with Gasteiger partial charge in [-0.2, -0.15) is 0 Å². The zero-order chi connectivity index (χ0) is 17.2. The van der Waals surface area contributed by atoms with Crippen molar-refractivity contribution in [1.82, 2.24) is 4.98 Å². The van der Waals surface area contributed by atoms with Gasteiger partial charge in [-0.1, -0.05) is 35.6 Å². The average molecular weight is 356 g/mol. The first-order valence-corrected chi connectivity index (χ1v) is 9.00. The number of hydrogen-bond acceptors (Lipinski definition) is 5. The van der Waals surface area contributed by atoms with Crippen LogP contribution >= 0.6 is 11.3 Å². The van der Waals surface area contributed by atoms with Crippen molar-refractivity contribution in [3.05, 3.63) is 58.3 Å². The lowest BCUT2D eigenvalue weighted by Gasteiger charge is -2.26. The summed E-state index contributed by atoms with van der Waals surface area (Å²) < 4.78 is 18.8. The van der Waals surface area contributed by atoms with Crippen LogP contribution in [0.1, 0.15) is 20.9 Å². The maximum absolute atomic E-state index is 13.5. The van der Waals surface area contributed by atoms with E-state index in [1.165, 1.54) is 23.5 Å². The van der Waals surface area contributed by atoms with Crippen molar-refractivity contribution in [2.75, 3.05) is 31.2 Å². The molecule has 6 heteroatoms. The fourth-order valence-electron chi connectivity index (χ4n) is 3.03. The molecular weight excluding hydrogens is 339 g/mol. The number of morpholine rings is 1. The number of benzene rings is 2. The minimum atomic E-state index is -0.249. The van der Waals surface area contributed by atoms with Crippen molar-refractivity contribution in [3.8, 4) is 0 Å². The Bertz CT molecular complexity index is 919. The van der Waals surface area contributed by atoms with Crippen molar-refractivity contribution >= 4 is 33.5 Å². The molecule has 1 aromatic heterocycles. The zero-order valence-electron chi connectivity index (χ0n) is 13.6. The number of halogens is 1. The number of aromatic nitrogens is 1. The number of thiazole rings is 1. The van der Waals surface area contributed by atoms with Crippen molar-refractivity contribution in [2.45, 2.75) is 6.42 Å². The van der Waals surface area contributed by atoms with Gasteiger partial charge in [0.1, 0.15) is 5.82 Å². The molecule has 1 aliphatic rings. The van der Waals surface area contributed by atoms with Gasteiger partial charge in [0.15, 0.2) is 11.4 Å². The van der Waals surface area contributed by atoms with Gasteiger partial charge in [-0.05, 0) is 28.5 Å². The molecule has 1 fully saturated rings. The SMILES string of the molecule is O=Cc1sc(N2CCOCC2)nc1Cc1ccc2ccc(F)cc2c1. The van der Waals surface area contributed by atoms with E-state index < -0.39 is 0 Å². The van der Waals surface area contributed by atoms with Crippen LogP contribution in [0.4, 0.5) is 9.52 Å².